The zero-order valence-corrected chi connectivity index (χ0v) is 18.6. The summed E-state index contributed by atoms with van der Waals surface area (Å²) < 4.78 is 11.3. The summed E-state index contributed by atoms with van der Waals surface area (Å²) in [5.74, 6) is 1.56. The molecule has 31 heavy (non-hydrogen) atoms. The lowest BCUT2D eigenvalue weighted by Crippen LogP contribution is -2.43. The fraction of sp³-hybridized carbons (Fsp3) is 0.654. The number of nitrogens with one attached hydrogen (secondary N) is 1. The molecule has 2 aliphatic heterocycles. The first kappa shape index (κ1) is 21.0. The van der Waals surface area contributed by atoms with E-state index in [0.29, 0.717) is 12.0 Å². The number of piperidine rings is 1. The third-order valence-corrected chi connectivity index (χ3v) is 7.81. The normalized spacial score (nSPS) is 28.2. The molecule has 0 spiro atoms. The van der Waals surface area contributed by atoms with Gasteiger partial charge in [-0.2, -0.15) is 0 Å². The van der Waals surface area contributed by atoms with Crippen molar-refractivity contribution in [2.24, 2.45) is 5.92 Å². The van der Waals surface area contributed by atoms with E-state index in [9.17, 15) is 4.79 Å². The summed E-state index contributed by atoms with van der Waals surface area (Å²) in [4.78, 5) is 14.9. The molecule has 5 heteroatoms. The molecule has 3 fully saturated rings. The van der Waals surface area contributed by atoms with Crippen molar-refractivity contribution in [3.63, 3.8) is 0 Å². The van der Waals surface area contributed by atoms with Crippen LogP contribution in [0.3, 0.4) is 0 Å². The van der Waals surface area contributed by atoms with E-state index in [1.807, 2.05) is 12.3 Å². The van der Waals surface area contributed by atoms with Crippen LogP contribution in [0.1, 0.15) is 69.3 Å². The SMILES string of the molecule is O=C(NC1CCC(CCN2CCC(c3coc4ccccc34)CC2)CC1)[C@@H]1CCCO1. The zero-order valence-electron chi connectivity index (χ0n) is 18.6. The molecule has 1 aromatic carbocycles. The summed E-state index contributed by atoms with van der Waals surface area (Å²) in [7, 11) is 0. The van der Waals surface area contributed by atoms with Gasteiger partial charge < -0.3 is 19.4 Å². The molecule has 0 radical (unpaired) electrons. The van der Waals surface area contributed by atoms with Crippen LogP contribution in [0.5, 0.6) is 0 Å². The minimum absolute atomic E-state index is 0.120. The molecule has 1 atom stereocenters. The lowest BCUT2D eigenvalue weighted by molar-refractivity contribution is -0.131. The van der Waals surface area contributed by atoms with Gasteiger partial charge in [0.05, 0.1) is 6.26 Å². The van der Waals surface area contributed by atoms with Crippen molar-refractivity contribution in [1.82, 2.24) is 10.2 Å². The van der Waals surface area contributed by atoms with Crippen LogP contribution in [0, 0.1) is 5.92 Å². The number of ether oxygens (including phenoxy) is 1. The second kappa shape index (κ2) is 9.74. The molecule has 1 amide bonds. The second-order valence-corrected chi connectivity index (χ2v) is 9.82. The number of hydrogen-bond donors (Lipinski definition) is 1. The largest absolute Gasteiger partial charge is 0.464 e. The quantitative estimate of drug-likeness (QED) is 0.720. The van der Waals surface area contributed by atoms with Gasteiger partial charge in [0.25, 0.3) is 0 Å². The van der Waals surface area contributed by atoms with E-state index in [1.54, 1.807) is 0 Å². The predicted octanol–water partition coefficient (Wildman–Crippen LogP) is 4.86. The summed E-state index contributed by atoms with van der Waals surface area (Å²) in [6.07, 6.45) is 12.2. The van der Waals surface area contributed by atoms with Crippen LogP contribution in [0.4, 0.5) is 0 Å². The first-order valence-corrected chi connectivity index (χ1v) is 12.4. The second-order valence-electron chi connectivity index (χ2n) is 9.82. The number of furan rings is 1. The van der Waals surface area contributed by atoms with Gasteiger partial charge in [-0.1, -0.05) is 18.2 Å². The Bertz CT molecular complexity index is 856. The summed E-state index contributed by atoms with van der Waals surface area (Å²) >= 11 is 0. The molecule has 3 aliphatic rings. The van der Waals surface area contributed by atoms with E-state index in [4.69, 9.17) is 9.15 Å². The van der Waals surface area contributed by atoms with Gasteiger partial charge in [0.1, 0.15) is 11.7 Å². The number of carbonyl (C=O) groups is 1. The number of nitrogens with zero attached hydrogens (tertiary/aromatic N) is 1. The van der Waals surface area contributed by atoms with E-state index in [-0.39, 0.29) is 12.0 Å². The highest BCUT2D eigenvalue weighted by molar-refractivity contribution is 5.81. The molecule has 168 valence electrons. The number of carbonyl (C=O) groups excluding carboxylic acids is 1. The minimum atomic E-state index is -0.194. The highest BCUT2D eigenvalue weighted by Gasteiger charge is 2.29. The maximum Gasteiger partial charge on any atom is 0.249 e. The average molecular weight is 425 g/mol. The van der Waals surface area contributed by atoms with Crippen LogP contribution < -0.4 is 5.32 Å². The van der Waals surface area contributed by atoms with Gasteiger partial charge in [-0.05, 0) is 95.3 Å². The Hall–Kier alpha value is -1.85. The van der Waals surface area contributed by atoms with Crippen molar-refractivity contribution in [2.45, 2.75) is 75.9 Å². The maximum atomic E-state index is 12.3. The van der Waals surface area contributed by atoms with Gasteiger partial charge in [-0.25, -0.2) is 0 Å². The van der Waals surface area contributed by atoms with Gasteiger partial charge in [-0.3, -0.25) is 4.79 Å². The van der Waals surface area contributed by atoms with Gasteiger partial charge in [0.15, 0.2) is 0 Å². The Kier molecular flexibility index (Phi) is 6.61. The average Bonchev–Trinajstić information content (AvgIpc) is 3.49. The predicted molar refractivity (Wildman–Crippen MR) is 122 cm³/mol. The highest BCUT2D eigenvalue weighted by atomic mass is 16.5. The Balaban J connectivity index is 1.02. The first-order valence-electron chi connectivity index (χ1n) is 12.4. The van der Waals surface area contributed by atoms with E-state index in [2.05, 4.69) is 28.4 Å². The monoisotopic (exact) mass is 424 g/mol. The Morgan fingerprint density at radius 2 is 1.84 bits per heavy atom. The number of fused-ring (bicyclic) bond motifs is 1. The van der Waals surface area contributed by atoms with Crippen LogP contribution in [-0.4, -0.2) is 49.2 Å². The van der Waals surface area contributed by atoms with Crippen LogP contribution >= 0.6 is 0 Å². The molecular formula is C26H36N2O3. The van der Waals surface area contributed by atoms with E-state index in [0.717, 1.165) is 43.8 Å². The highest BCUT2D eigenvalue weighted by Crippen LogP contribution is 2.35. The third kappa shape index (κ3) is 4.98. The van der Waals surface area contributed by atoms with Crippen LogP contribution in [0.25, 0.3) is 11.0 Å². The summed E-state index contributed by atoms with van der Waals surface area (Å²) in [5, 5.41) is 4.53. The lowest BCUT2D eigenvalue weighted by Gasteiger charge is -2.34. The number of benzene rings is 1. The van der Waals surface area contributed by atoms with E-state index < -0.39 is 0 Å². The number of para-hydroxylation sites is 1. The summed E-state index contributed by atoms with van der Waals surface area (Å²) in [5.41, 5.74) is 2.42. The molecule has 3 heterocycles. The number of rotatable bonds is 6. The molecule has 0 unspecified atom stereocenters. The molecule has 5 nitrogen and oxygen atoms in total. The van der Waals surface area contributed by atoms with Crippen molar-refractivity contribution in [3.8, 4) is 0 Å². The Labute approximate surface area is 185 Å². The molecule has 0 bridgehead atoms. The van der Waals surface area contributed by atoms with Crippen LogP contribution in [0.2, 0.25) is 0 Å². The van der Waals surface area contributed by atoms with Crippen molar-refractivity contribution in [1.29, 1.82) is 0 Å². The van der Waals surface area contributed by atoms with E-state index >= 15 is 0 Å². The molecule has 1 saturated carbocycles. The third-order valence-electron chi connectivity index (χ3n) is 7.81. The zero-order chi connectivity index (χ0) is 21.0. The number of amides is 1. The molecule has 1 aliphatic carbocycles. The Morgan fingerprint density at radius 1 is 1.03 bits per heavy atom. The first-order chi connectivity index (χ1) is 15.3. The molecule has 2 aromatic rings. The van der Waals surface area contributed by atoms with Gasteiger partial charge in [0, 0.05) is 23.6 Å². The Morgan fingerprint density at radius 3 is 2.61 bits per heavy atom. The molecule has 5 rings (SSSR count). The number of likely N-dealkylation sites (tertiary alicyclic amines) is 1. The van der Waals surface area contributed by atoms with Crippen molar-refractivity contribution in [2.75, 3.05) is 26.2 Å². The molecule has 1 N–H and O–H groups in total. The summed E-state index contributed by atoms with van der Waals surface area (Å²) in [6.45, 7) is 4.34. The molecule has 2 saturated heterocycles. The van der Waals surface area contributed by atoms with Gasteiger partial charge in [0.2, 0.25) is 5.91 Å². The molecular weight excluding hydrogens is 388 g/mol. The number of hydrogen-bond acceptors (Lipinski definition) is 4. The van der Waals surface area contributed by atoms with Gasteiger partial charge >= 0.3 is 0 Å². The van der Waals surface area contributed by atoms with E-state index in [1.165, 1.54) is 62.7 Å². The smallest absolute Gasteiger partial charge is 0.249 e. The fourth-order valence-electron chi connectivity index (χ4n) is 5.82. The van der Waals surface area contributed by atoms with Crippen molar-refractivity contribution in [3.05, 3.63) is 36.1 Å². The van der Waals surface area contributed by atoms with Crippen LogP contribution in [-0.2, 0) is 9.53 Å². The van der Waals surface area contributed by atoms with Gasteiger partial charge in [-0.15, -0.1) is 0 Å². The lowest BCUT2D eigenvalue weighted by atomic mass is 9.83. The van der Waals surface area contributed by atoms with Crippen LogP contribution in [0.15, 0.2) is 34.9 Å². The minimum Gasteiger partial charge on any atom is -0.464 e. The molecule has 1 aromatic heterocycles. The summed E-state index contributed by atoms with van der Waals surface area (Å²) in [6, 6.07) is 8.77. The maximum absolute atomic E-state index is 12.3. The van der Waals surface area contributed by atoms with Crippen molar-refractivity contribution >= 4 is 16.9 Å². The van der Waals surface area contributed by atoms with Crippen molar-refractivity contribution < 1.29 is 13.9 Å². The topological polar surface area (TPSA) is 54.7 Å². The standard InChI is InChI=1S/C26H36N2O3/c29-26(25-6-3-17-30-25)27-21-9-7-19(8-10-21)11-14-28-15-12-20(13-16-28)23-18-31-24-5-2-1-4-22(23)24/h1-2,4-5,18-21,25H,3,6-17H2,(H,27,29)/t19?,21?,25-/m0/s1. The fourth-order valence-corrected chi connectivity index (χ4v) is 5.82.